The first-order chi connectivity index (χ1) is 4.61. The van der Waals surface area contributed by atoms with E-state index in [0.29, 0.717) is 0 Å². The van der Waals surface area contributed by atoms with Crippen LogP contribution in [0, 0.1) is 25.4 Å². The molecule has 0 aromatic carbocycles. The number of H-pyrrole nitrogens is 1. The Morgan fingerprint density at radius 2 is 1.80 bits per heavy atom. The molecule has 1 rings (SSSR count). The molecule has 0 aliphatic rings. The summed E-state index contributed by atoms with van der Waals surface area (Å²) in [5, 5.41) is 0. The van der Waals surface area contributed by atoms with E-state index in [9.17, 15) is 0 Å². The number of hydrogen-bond donors (Lipinski definition) is 1. The summed E-state index contributed by atoms with van der Waals surface area (Å²) in [5.74, 6) is 0. The van der Waals surface area contributed by atoms with Gasteiger partial charge in [-0.2, -0.15) is 0 Å². The normalized spacial score (nSPS) is 9.90. The molecule has 0 saturated carbocycles. The highest BCUT2D eigenvalue weighted by Crippen LogP contribution is 2.06. The molecule has 0 amide bonds. The summed E-state index contributed by atoms with van der Waals surface area (Å²) >= 11 is 5.04. The second-order valence-corrected chi connectivity index (χ2v) is 3.00. The number of nitrogens with one attached hydrogen (secondary N) is 1. The number of hydrogen-bond acceptors (Lipinski definition) is 1. The lowest BCUT2D eigenvalue weighted by molar-refractivity contribution is 1.11. The molecular formula is C8H11NS. The van der Waals surface area contributed by atoms with Crippen LogP contribution in [0.2, 0.25) is 0 Å². The van der Waals surface area contributed by atoms with Crippen molar-refractivity contribution >= 4 is 12.2 Å². The van der Waals surface area contributed by atoms with Crippen LogP contribution in [0.4, 0.5) is 0 Å². The second kappa shape index (κ2) is 2.54. The summed E-state index contributed by atoms with van der Waals surface area (Å²) in [6.07, 6.45) is 0. The first kappa shape index (κ1) is 7.48. The number of aromatic nitrogens is 1. The van der Waals surface area contributed by atoms with Gasteiger partial charge in [0.05, 0.1) is 0 Å². The maximum atomic E-state index is 5.04. The van der Waals surface area contributed by atoms with Crippen LogP contribution in [0.5, 0.6) is 0 Å². The van der Waals surface area contributed by atoms with Crippen LogP contribution in [0.15, 0.2) is 6.07 Å². The van der Waals surface area contributed by atoms with E-state index in [0.717, 1.165) is 15.9 Å². The van der Waals surface area contributed by atoms with Crippen LogP contribution in [0.3, 0.4) is 0 Å². The van der Waals surface area contributed by atoms with Crippen LogP contribution in [-0.4, -0.2) is 4.98 Å². The predicted molar refractivity (Wildman–Crippen MR) is 45.8 cm³/mol. The van der Waals surface area contributed by atoms with E-state index in [1.54, 1.807) is 0 Å². The van der Waals surface area contributed by atoms with Crippen molar-refractivity contribution in [2.75, 3.05) is 0 Å². The smallest absolute Gasteiger partial charge is 0.106 e. The monoisotopic (exact) mass is 153 g/mol. The maximum absolute atomic E-state index is 5.04. The van der Waals surface area contributed by atoms with Crippen molar-refractivity contribution in [3.63, 3.8) is 0 Å². The third-order valence-electron chi connectivity index (χ3n) is 1.68. The van der Waals surface area contributed by atoms with E-state index < -0.39 is 0 Å². The molecule has 0 spiro atoms. The van der Waals surface area contributed by atoms with Crippen LogP contribution in [0.25, 0.3) is 0 Å². The van der Waals surface area contributed by atoms with E-state index in [4.69, 9.17) is 12.2 Å². The minimum atomic E-state index is 0.850. The largest absolute Gasteiger partial charge is 0.350 e. The summed E-state index contributed by atoms with van der Waals surface area (Å²) in [7, 11) is 0. The van der Waals surface area contributed by atoms with Crippen molar-refractivity contribution in [2.24, 2.45) is 0 Å². The lowest BCUT2D eigenvalue weighted by atomic mass is 10.2. The van der Waals surface area contributed by atoms with Crippen LogP contribution < -0.4 is 0 Å². The Hall–Kier alpha value is -0.630. The molecule has 1 aromatic rings. The standard InChI is InChI=1S/C8H11NS/c1-5-4-6(2)8(10)9-7(5)3/h4H,1-3H3,(H,9,10). The third kappa shape index (κ3) is 1.27. The molecule has 0 saturated heterocycles. The summed E-state index contributed by atoms with van der Waals surface area (Å²) in [6, 6.07) is 2.11. The Morgan fingerprint density at radius 3 is 2.30 bits per heavy atom. The Labute approximate surface area is 66.1 Å². The van der Waals surface area contributed by atoms with E-state index >= 15 is 0 Å². The number of rotatable bonds is 0. The van der Waals surface area contributed by atoms with Crippen molar-refractivity contribution in [1.29, 1.82) is 0 Å². The summed E-state index contributed by atoms with van der Waals surface area (Å²) in [6.45, 7) is 6.13. The molecule has 54 valence electrons. The zero-order valence-corrected chi connectivity index (χ0v) is 7.30. The molecule has 0 atom stereocenters. The van der Waals surface area contributed by atoms with Crippen molar-refractivity contribution in [1.82, 2.24) is 4.98 Å². The van der Waals surface area contributed by atoms with E-state index in [-0.39, 0.29) is 0 Å². The molecule has 1 heterocycles. The van der Waals surface area contributed by atoms with Gasteiger partial charge in [0.2, 0.25) is 0 Å². The van der Waals surface area contributed by atoms with Crippen molar-refractivity contribution < 1.29 is 0 Å². The molecule has 0 fully saturated rings. The Bertz CT molecular complexity index is 299. The topological polar surface area (TPSA) is 15.8 Å². The average Bonchev–Trinajstić information content (AvgIpc) is 1.84. The van der Waals surface area contributed by atoms with Crippen molar-refractivity contribution in [3.05, 3.63) is 27.5 Å². The van der Waals surface area contributed by atoms with E-state index in [1.165, 1.54) is 5.56 Å². The highest BCUT2D eigenvalue weighted by Gasteiger charge is 1.93. The molecule has 0 aliphatic carbocycles. The third-order valence-corrected chi connectivity index (χ3v) is 2.11. The number of aryl methyl sites for hydroxylation is 3. The molecule has 0 unspecified atom stereocenters. The predicted octanol–water partition coefficient (Wildman–Crippen LogP) is 2.67. The molecule has 1 aromatic heterocycles. The van der Waals surface area contributed by atoms with Gasteiger partial charge in [0.25, 0.3) is 0 Å². The minimum Gasteiger partial charge on any atom is -0.350 e. The lowest BCUT2D eigenvalue weighted by Crippen LogP contribution is -1.88. The average molecular weight is 153 g/mol. The van der Waals surface area contributed by atoms with Crippen LogP contribution >= 0.6 is 12.2 Å². The van der Waals surface area contributed by atoms with Gasteiger partial charge in [0.15, 0.2) is 0 Å². The highest BCUT2D eigenvalue weighted by molar-refractivity contribution is 7.71. The summed E-state index contributed by atoms with van der Waals surface area (Å²) < 4.78 is 0.850. The molecular weight excluding hydrogens is 142 g/mol. The van der Waals surface area contributed by atoms with Gasteiger partial charge in [-0.15, -0.1) is 0 Å². The van der Waals surface area contributed by atoms with Crippen LogP contribution in [-0.2, 0) is 0 Å². The fraction of sp³-hybridized carbons (Fsp3) is 0.375. The Kier molecular flexibility index (Phi) is 1.90. The van der Waals surface area contributed by atoms with E-state index in [1.807, 2.05) is 13.8 Å². The molecule has 0 aliphatic heterocycles. The second-order valence-electron chi connectivity index (χ2n) is 2.59. The van der Waals surface area contributed by atoms with E-state index in [2.05, 4.69) is 18.0 Å². The molecule has 10 heavy (non-hydrogen) atoms. The highest BCUT2D eigenvalue weighted by atomic mass is 32.1. The van der Waals surface area contributed by atoms with Crippen molar-refractivity contribution in [3.8, 4) is 0 Å². The summed E-state index contributed by atoms with van der Waals surface area (Å²) in [4.78, 5) is 3.12. The fourth-order valence-electron chi connectivity index (χ4n) is 0.866. The molecule has 0 radical (unpaired) electrons. The van der Waals surface area contributed by atoms with Gasteiger partial charge in [-0.05, 0) is 31.9 Å². The first-order valence-corrected chi connectivity index (χ1v) is 3.69. The molecule has 1 nitrogen and oxygen atoms in total. The lowest BCUT2D eigenvalue weighted by Gasteiger charge is -2.00. The van der Waals surface area contributed by atoms with Gasteiger partial charge in [-0.25, -0.2) is 0 Å². The molecule has 0 bridgehead atoms. The number of aromatic amines is 1. The minimum absolute atomic E-state index is 0.850. The van der Waals surface area contributed by atoms with Gasteiger partial charge in [-0.1, -0.05) is 18.3 Å². The number of pyridine rings is 1. The maximum Gasteiger partial charge on any atom is 0.106 e. The fourth-order valence-corrected chi connectivity index (χ4v) is 1.08. The van der Waals surface area contributed by atoms with Crippen molar-refractivity contribution in [2.45, 2.75) is 20.8 Å². The van der Waals surface area contributed by atoms with Gasteiger partial charge in [0.1, 0.15) is 4.64 Å². The van der Waals surface area contributed by atoms with Gasteiger partial charge < -0.3 is 4.98 Å². The SMILES string of the molecule is Cc1cc(C)c(=S)[nH]c1C. The quantitative estimate of drug-likeness (QED) is 0.566. The first-order valence-electron chi connectivity index (χ1n) is 3.28. The van der Waals surface area contributed by atoms with Gasteiger partial charge in [0, 0.05) is 5.69 Å². The zero-order valence-electron chi connectivity index (χ0n) is 6.49. The van der Waals surface area contributed by atoms with Crippen LogP contribution in [0.1, 0.15) is 16.8 Å². The Morgan fingerprint density at radius 1 is 1.20 bits per heavy atom. The Balaban J connectivity index is 3.43. The van der Waals surface area contributed by atoms with Gasteiger partial charge in [-0.3, -0.25) is 0 Å². The molecule has 2 heteroatoms. The summed E-state index contributed by atoms with van der Waals surface area (Å²) in [5.41, 5.74) is 3.58. The van der Waals surface area contributed by atoms with Gasteiger partial charge >= 0.3 is 0 Å². The molecule has 1 N–H and O–H groups in total. The zero-order chi connectivity index (χ0) is 7.72.